The third-order valence-corrected chi connectivity index (χ3v) is 4.87. The van der Waals surface area contributed by atoms with Gasteiger partial charge in [0.05, 0.1) is 17.1 Å². The SMILES string of the molecule is CC(C)(C(N)=S)N1CCN(Cc2nccs2)CC1. The Kier molecular flexibility index (Phi) is 4.32. The fraction of sp³-hybridized carbons (Fsp3) is 0.667. The number of hydrogen-bond donors (Lipinski definition) is 1. The highest BCUT2D eigenvalue weighted by molar-refractivity contribution is 7.80. The predicted molar refractivity (Wildman–Crippen MR) is 79.8 cm³/mol. The third kappa shape index (κ3) is 3.06. The van der Waals surface area contributed by atoms with Crippen LogP contribution >= 0.6 is 23.6 Å². The molecule has 1 aromatic heterocycles. The lowest BCUT2D eigenvalue weighted by Gasteiger charge is -2.43. The molecule has 1 fully saturated rings. The monoisotopic (exact) mass is 284 g/mol. The molecule has 0 atom stereocenters. The first-order chi connectivity index (χ1) is 8.50. The summed E-state index contributed by atoms with van der Waals surface area (Å²) in [4.78, 5) is 9.71. The number of hydrogen-bond acceptors (Lipinski definition) is 5. The zero-order valence-corrected chi connectivity index (χ0v) is 12.6. The maximum absolute atomic E-state index is 5.81. The van der Waals surface area contributed by atoms with Gasteiger partial charge in [-0.1, -0.05) is 12.2 Å². The summed E-state index contributed by atoms with van der Waals surface area (Å²) in [5, 5.41) is 3.22. The lowest BCUT2D eigenvalue weighted by Crippen LogP contribution is -2.59. The topological polar surface area (TPSA) is 45.4 Å². The van der Waals surface area contributed by atoms with Crippen molar-refractivity contribution in [3.05, 3.63) is 16.6 Å². The number of aromatic nitrogens is 1. The molecule has 0 aromatic carbocycles. The highest BCUT2D eigenvalue weighted by Gasteiger charge is 2.32. The van der Waals surface area contributed by atoms with Crippen LogP contribution in [0, 0.1) is 0 Å². The van der Waals surface area contributed by atoms with Gasteiger partial charge >= 0.3 is 0 Å². The van der Waals surface area contributed by atoms with E-state index in [1.165, 1.54) is 5.01 Å². The molecule has 2 rings (SSSR count). The van der Waals surface area contributed by atoms with Gasteiger partial charge in [-0.3, -0.25) is 9.80 Å². The van der Waals surface area contributed by atoms with Crippen LogP contribution in [0.15, 0.2) is 11.6 Å². The van der Waals surface area contributed by atoms with E-state index in [-0.39, 0.29) is 5.54 Å². The summed E-state index contributed by atoms with van der Waals surface area (Å²) >= 11 is 6.87. The molecular weight excluding hydrogens is 264 g/mol. The Morgan fingerprint density at radius 2 is 2.11 bits per heavy atom. The largest absolute Gasteiger partial charge is 0.392 e. The van der Waals surface area contributed by atoms with E-state index in [0.29, 0.717) is 4.99 Å². The van der Waals surface area contributed by atoms with Crippen molar-refractivity contribution in [1.29, 1.82) is 0 Å². The van der Waals surface area contributed by atoms with Crippen LogP contribution in [-0.2, 0) is 6.54 Å². The molecule has 4 nitrogen and oxygen atoms in total. The molecule has 2 N–H and O–H groups in total. The number of thiocarbonyl (C=S) groups is 1. The summed E-state index contributed by atoms with van der Waals surface area (Å²) in [5.41, 5.74) is 5.64. The van der Waals surface area contributed by atoms with Crippen molar-refractivity contribution in [2.24, 2.45) is 5.73 Å². The average molecular weight is 284 g/mol. The number of rotatable bonds is 4. The van der Waals surface area contributed by atoms with Gasteiger partial charge in [-0.2, -0.15) is 0 Å². The van der Waals surface area contributed by atoms with Crippen LogP contribution in [0.1, 0.15) is 18.9 Å². The minimum absolute atomic E-state index is 0.178. The first kappa shape index (κ1) is 13.9. The highest BCUT2D eigenvalue weighted by Crippen LogP contribution is 2.18. The molecule has 0 spiro atoms. The van der Waals surface area contributed by atoms with E-state index >= 15 is 0 Å². The summed E-state index contributed by atoms with van der Waals surface area (Å²) in [6.07, 6.45) is 1.87. The second kappa shape index (κ2) is 5.61. The maximum atomic E-state index is 5.81. The lowest BCUT2D eigenvalue weighted by atomic mass is 10.0. The predicted octanol–water partition coefficient (Wildman–Crippen LogP) is 1.33. The van der Waals surface area contributed by atoms with E-state index in [2.05, 4.69) is 28.6 Å². The Morgan fingerprint density at radius 3 is 2.61 bits per heavy atom. The third-order valence-electron chi connectivity index (χ3n) is 3.61. The van der Waals surface area contributed by atoms with E-state index < -0.39 is 0 Å². The fourth-order valence-corrected chi connectivity index (χ4v) is 2.93. The van der Waals surface area contributed by atoms with Crippen LogP contribution in [0.2, 0.25) is 0 Å². The van der Waals surface area contributed by atoms with Crippen LogP contribution in [0.5, 0.6) is 0 Å². The Balaban J connectivity index is 1.86. The molecule has 2 heterocycles. The summed E-state index contributed by atoms with van der Waals surface area (Å²) in [5.74, 6) is 0. The van der Waals surface area contributed by atoms with Gasteiger partial charge in [0.25, 0.3) is 0 Å². The second-order valence-corrected chi connectivity index (χ2v) is 6.53. The van der Waals surface area contributed by atoms with Gasteiger partial charge in [0.2, 0.25) is 0 Å². The van der Waals surface area contributed by atoms with Crippen molar-refractivity contribution in [1.82, 2.24) is 14.8 Å². The van der Waals surface area contributed by atoms with Crippen LogP contribution in [0.25, 0.3) is 0 Å². The van der Waals surface area contributed by atoms with Crippen molar-refractivity contribution in [3.63, 3.8) is 0 Å². The molecule has 6 heteroatoms. The summed E-state index contributed by atoms with van der Waals surface area (Å²) in [7, 11) is 0. The molecule has 1 aliphatic heterocycles. The highest BCUT2D eigenvalue weighted by atomic mass is 32.1. The second-order valence-electron chi connectivity index (χ2n) is 5.11. The molecular formula is C12H20N4S2. The molecule has 1 aromatic rings. The van der Waals surface area contributed by atoms with E-state index in [1.54, 1.807) is 11.3 Å². The molecule has 18 heavy (non-hydrogen) atoms. The van der Waals surface area contributed by atoms with Gasteiger partial charge in [0.15, 0.2) is 0 Å². The van der Waals surface area contributed by atoms with Gasteiger partial charge < -0.3 is 5.73 Å². The van der Waals surface area contributed by atoms with Gasteiger partial charge in [0, 0.05) is 37.8 Å². The maximum Gasteiger partial charge on any atom is 0.107 e. The van der Waals surface area contributed by atoms with Crippen molar-refractivity contribution < 1.29 is 0 Å². The van der Waals surface area contributed by atoms with E-state index in [1.807, 2.05) is 11.6 Å². The molecule has 100 valence electrons. The summed E-state index contributed by atoms with van der Waals surface area (Å²) < 4.78 is 0. The molecule has 0 unspecified atom stereocenters. The molecule has 0 saturated carbocycles. The molecule has 0 bridgehead atoms. The quantitative estimate of drug-likeness (QED) is 0.845. The first-order valence-electron chi connectivity index (χ1n) is 6.16. The molecule has 1 saturated heterocycles. The number of thiazole rings is 1. The van der Waals surface area contributed by atoms with Crippen molar-refractivity contribution >= 4 is 28.5 Å². The van der Waals surface area contributed by atoms with Crippen molar-refractivity contribution in [3.8, 4) is 0 Å². The van der Waals surface area contributed by atoms with Crippen LogP contribution in [0.4, 0.5) is 0 Å². The van der Waals surface area contributed by atoms with Gasteiger partial charge in [-0.15, -0.1) is 11.3 Å². The Labute approximate surface area is 118 Å². The zero-order chi connectivity index (χ0) is 13.2. The molecule has 0 aliphatic carbocycles. The van der Waals surface area contributed by atoms with E-state index in [4.69, 9.17) is 18.0 Å². The molecule has 0 radical (unpaired) electrons. The number of piperazine rings is 1. The summed E-state index contributed by atoms with van der Waals surface area (Å²) in [6.45, 7) is 9.28. The average Bonchev–Trinajstić information content (AvgIpc) is 2.82. The Bertz CT molecular complexity index is 394. The smallest absolute Gasteiger partial charge is 0.107 e. The van der Waals surface area contributed by atoms with Crippen molar-refractivity contribution in [2.45, 2.75) is 25.9 Å². The van der Waals surface area contributed by atoms with Crippen LogP contribution < -0.4 is 5.73 Å². The minimum Gasteiger partial charge on any atom is -0.392 e. The van der Waals surface area contributed by atoms with Gasteiger partial charge in [-0.25, -0.2) is 4.98 Å². The fourth-order valence-electron chi connectivity index (χ4n) is 2.14. The molecule has 0 amide bonds. The standard InChI is InChI=1S/C12H20N4S2/c1-12(2,11(13)17)16-6-4-15(5-7-16)9-10-14-3-8-18-10/h3,8H,4-7,9H2,1-2H3,(H2,13,17). The van der Waals surface area contributed by atoms with Crippen molar-refractivity contribution in [2.75, 3.05) is 26.2 Å². The van der Waals surface area contributed by atoms with E-state index in [0.717, 1.165) is 32.7 Å². The lowest BCUT2D eigenvalue weighted by molar-refractivity contribution is 0.0821. The molecule has 1 aliphatic rings. The minimum atomic E-state index is -0.178. The summed E-state index contributed by atoms with van der Waals surface area (Å²) in [6, 6.07) is 0. The van der Waals surface area contributed by atoms with Crippen LogP contribution in [0.3, 0.4) is 0 Å². The Hall–Kier alpha value is -0.560. The van der Waals surface area contributed by atoms with Gasteiger partial charge in [0.1, 0.15) is 5.01 Å². The van der Waals surface area contributed by atoms with E-state index in [9.17, 15) is 0 Å². The normalized spacial score (nSPS) is 19.0. The zero-order valence-electron chi connectivity index (χ0n) is 10.9. The van der Waals surface area contributed by atoms with Gasteiger partial charge in [-0.05, 0) is 13.8 Å². The Morgan fingerprint density at radius 1 is 1.44 bits per heavy atom. The number of nitrogens with zero attached hydrogens (tertiary/aromatic N) is 3. The number of nitrogens with two attached hydrogens (primary N) is 1. The first-order valence-corrected chi connectivity index (χ1v) is 7.44. The van der Waals surface area contributed by atoms with Crippen LogP contribution in [-0.4, -0.2) is 51.5 Å².